The number of piperazine rings is 1. The molecule has 0 saturated carbocycles. The van der Waals surface area contributed by atoms with E-state index in [1.54, 1.807) is 0 Å². The molecular formula is C23H36N6O2. The van der Waals surface area contributed by atoms with Crippen LogP contribution in [0, 0.1) is 0 Å². The Morgan fingerprint density at radius 3 is 2.52 bits per heavy atom. The summed E-state index contributed by atoms with van der Waals surface area (Å²) in [4.78, 5) is 35.0. The fourth-order valence-corrected chi connectivity index (χ4v) is 4.03. The summed E-state index contributed by atoms with van der Waals surface area (Å²) < 4.78 is 0. The molecule has 2 saturated heterocycles. The van der Waals surface area contributed by atoms with Crippen molar-refractivity contribution in [3.05, 3.63) is 30.3 Å². The van der Waals surface area contributed by atoms with Crippen molar-refractivity contribution < 1.29 is 9.59 Å². The first-order valence-corrected chi connectivity index (χ1v) is 11.5. The van der Waals surface area contributed by atoms with Gasteiger partial charge in [0.1, 0.15) is 0 Å². The first kappa shape index (κ1) is 22.9. The molecule has 1 aromatic rings. The number of likely N-dealkylation sites (tertiary alicyclic amines) is 1. The highest BCUT2D eigenvalue weighted by atomic mass is 16.2. The van der Waals surface area contributed by atoms with Gasteiger partial charge < -0.3 is 25.3 Å². The monoisotopic (exact) mass is 428 g/mol. The number of anilines is 1. The van der Waals surface area contributed by atoms with E-state index in [1.807, 2.05) is 34.9 Å². The Labute approximate surface area is 185 Å². The molecule has 2 N–H and O–H groups in total. The molecule has 0 radical (unpaired) electrons. The number of nitrogens with one attached hydrogen (secondary N) is 2. The lowest BCUT2D eigenvalue weighted by molar-refractivity contribution is -0.131. The molecule has 1 aromatic carbocycles. The van der Waals surface area contributed by atoms with E-state index < -0.39 is 0 Å². The molecule has 2 amide bonds. The number of benzene rings is 1. The Morgan fingerprint density at radius 2 is 1.84 bits per heavy atom. The zero-order valence-corrected chi connectivity index (χ0v) is 18.7. The molecule has 0 spiro atoms. The van der Waals surface area contributed by atoms with E-state index >= 15 is 0 Å². The van der Waals surface area contributed by atoms with Crippen LogP contribution in [-0.2, 0) is 9.59 Å². The van der Waals surface area contributed by atoms with Crippen molar-refractivity contribution in [2.24, 2.45) is 4.99 Å². The fourth-order valence-electron chi connectivity index (χ4n) is 4.03. The summed E-state index contributed by atoms with van der Waals surface area (Å²) in [7, 11) is 0. The average Bonchev–Trinajstić information content (AvgIpc) is 3.22. The smallest absolute Gasteiger partial charge is 0.224 e. The minimum atomic E-state index is 0.184. The van der Waals surface area contributed by atoms with Crippen molar-refractivity contribution >= 4 is 23.5 Å². The van der Waals surface area contributed by atoms with Gasteiger partial charge in [0, 0.05) is 77.4 Å². The zero-order chi connectivity index (χ0) is 21.9. The van der Waals surface area contributed by atoms with E-state index in [-0.39, 0.29) is 11.8 Å². The lowest BCUT2D eigenvalue weighted by Crippen LogP contribution is -2.49. The zero-order valence-electron chi connectivity index (χ0n) is 18.7. The molecule has 0 aromatic heterocycles. The second-order valence-electron chi connectivity index (χ2n) is 7.98. The quantitative estimate of drug-likeness (QED) is 0.352. The summed E-state index contributed by atoms with van der Waals surface area (Å²) in [6.45, 7) is 8.93. The van der Waals surface area contributed by atoms with Crippen molar-refractivity contribution in [2.45, 2.75) is 32.6 Å². The molecule has 31 heavy (non-hydrogen) atoms. The Hall–Kier alpha value is -2.77. The standard InChI is InChI=1S/C23H36N6O2/c1-2-24-23(25-12-7-15-28-14-6-10-21(28)30)26-13-11-22(31)29-18-16-27(17-19-29)20-8-4-3-5-9-20/h3-5,8-9H,2,6-7,10-19H2,1H3,(H2,24,25,26). The number of carbonyl (C=O) groups is 2. The number of amides is 2. The molecule has 170 valence electrons. The summed E-state index contributed by atoms with van der Waals surface area (Å²) in [5, 5.41) is 6.49. The maximum atomic E-state index is 12.6. The largest absolute Gasteiger partial charge is 0.368 e. The van der Waals surface area contributed by atoms with Crippen LogP contribution in [0.3, 0.4) is 0 Å². The number of hydrogen-bond donors (Lipinski definition) is 2. The van der Waals surface area contributed by atoms with Crippen LogP contribution in [0.1, 0.15) is 32.6 Å². The first-order valence-electron chi connectivity index (χ1n) is 11.5. The third kappa shape index (κ3) is 7.15. The van der Waals surface area contributed by atoms with Crippen LogP contribution in [0.15, 0.2) is 35.3 Å². The van der Waals surface area contributed by atoms with Gasteiger partial charge in [-0.05, 0) is 31.9 Å². The maximum Gasteiger partial charge on any atom is 0.224 e. The average molecular weight is 429 g/mol. The van der Waals surface area contributed by atoms with Crippen LogP contribution in [0.25, 0.3) is 0 Å². The van der Waals surface area contributed by atoms with Gasteiger partial charge in [-0.1, -0.05) is 18.2 Å². The molecule has 8 nitrogen and oxygen atoms in total. The van der Waals surface area contributed by atoms with Crippen LogP contribution in [0.2, 0.25) is 0 Å². The van der Waals surface area contributed by atoms with E-state index in [2.05, 4.69) is 32.7 Å². The summed E-state index contributed by atoms with van der Waals surface area (Å²) in [5.74, 6) is 1.18. The van der Waals surface area contributed by atoms with Crippen LogP contribution >= 0.6 is 0 Å². The molecule has 0 atom stereocenters. The second-order valence-corrected chi connectivity index (χ2v) is 7.98. The van der Waals surface area contributed by atoms with Crippen LogP contribution in [0.5, 0.6) is 0 Å². The molecule has 0 unspecified atom stereocenters. The van der Waals surface area contributed by atoms with Gasteiger partial charge in [-0.25, -0.2) is 0 Å². The number of rotatable bonds is 9. The number of nitrogens with zero attached hydrogens (tertiary/aromatic N) is 4. The van der Waals surface area contributed by atoms with E-state index in [0.717, 1.165) is 64.6 Å². The van der Waals surface area contributed by atoms with Gasteiger partial charge in [0.25, 0.3) is 0 Å². The van der Waals surface area contributed by atoms with E-state index in [4.69, 9.17) is 0 Å². The van der Waals surface area contributed by atoms with Gasteiger partial charge in [0.2, 0.25) is 11.8 Å². The van der Waals surface area contributed by atoms with Crippen LogP contribution in [0.4, 0.5) is 5.69 Å². The molecule has 2 fully saturated rings. The Bertz CT molecular complexity index is 731. The van der Waals surface area contributed by atoms with Gasteiger partial charge in [0.05, 0.1) is 0 Å². The lowest BCUT2D eigenvalue weighted by atomic mass is 10.2. The van der Waals surface area contributed by atoms with Crippen molar-refractivity contribution in [2.75, 3.05) is 63.8 Å². The summed E-state index contributed by atoms with van der Waals surface area (Å²) >= 11 is 0. The molecule has 2 heterocycles. The normalized spacial score (nSPS) is 17.3. The first-order chi connectivity index (χ1) is 15.2. The topological polar surface area (TPSA) is 80.3 Å². The third-order valence-corrected chi connectivity index (χ3v) is 5.76. The van der Waals surface area contributed by atoms with Crippen LogP contribution < -0.4 is 15.5 Å². The van der Waals surface area contributed by atoms with Crippen molar-refractivity contribution in [1.29, 1.82) is 0 Å². The highest BCUT2D eigenvalue weighted by molar-refractivity contribution is 5.81. The Balaban J connectivity index is 1.34. The van der Waals surface area contributed by atoms with Gasteiger partial charge in [-0.3, -0.25) is 14.6 Å². The minimum absolute atomic E-state index is 0.184. The lowest BCUT2D eigenvalue weighted by Gasteiger charge is -2.36. The highest BCUT2D eigenvalue weighted by Crippen LogP contribution is 2.15. The van der Waals surface area contributed by atoms with Crippen molar-refractivity contribution in [3.8, 4) is 0 Å². The molecule has 3 rings (SSSR count). The van der Waals surface area contributed by atoms with E-state index in [1.165, 1.54) is 5.69 Å². The summed E-state index contributed by atoms with van der Waals surface area (Å²) in [6, 6.07) is 10.4. The molecule has 0 bridgehead atoms. The molecule has 2 aliphatic rings. The van der Waals surface area contributed by atoms with Crippen molar-refractivity contribution in [1.82, 2.24) is 20.4 Å². The van der Waals surface area contributed by atoms with Gasteiger partial charge in [-0.2, -0.15) is 0 Å². The minimum Gasteiger partial charge on any atom is -0.368 e. The third-order valence-electron chi connectivity index (χ3n) is 5.76. The van der Waals surface area contributed by atoms with Gasteiger partial charge in [0.15, 0.2) is 5.96 Å². The SMILES string of the molecule is CCNC(=NCCCN1CCCC1=O)NCCC(=O)N1CCN(c2ccccc2)CC1. The van der Waals surface area contributed by atoms with E-state index in [0.29, 0.717) is 25.9 Å². The molecule has 2 aliphatic heterocycles. The highest BCUT2D eigenvalue weighted by Gasteiger charge is 2.21. The number of guanidine groups is 1. The summed E-state index contributed by atoms with van der Waals surface area (Å²) in [6.07, 6.45) is 2.97. The van der Waals surface area contributed by atoms with E-state index in [9.17, 15) is 9.59 Å². The number of carbonyl (C=O) groups excluding carboxylic acids is 2. The Kier molecular flexibility index (Phi) is 8.99. The number of hydrogen-bond acceptors (Lipinski definition) is 4. The van der Waals surface area contributed by atoms with Crippen molar-refractivity contribution in [3.63, 3.8) is 0 Å². The summed E-state index contributed by atoms with van der Waals surface area (Å²) in [5.41, 5.74) is 1.22. The molecule has 8 heteroatoms. The number of para-hydroxylation sites is 1. The van der Waals surface area contributed by atoms with Gasteiger partial charge in [-0.15, -0.1) is 0 Å². The Morgan fingerprint density at radius 1 is 1.06 bits per heavy atom. The number of aliphatic imine (C=N–C) groups is 1. The second kappa shape index (κ2) is 12.2. The van der Waals surface area contributed by atoms with Gasteiger partial charge >= 0.3 is 0 Å². The fraction of sp³-hybridized carbons (Fsp3) is 0.609. The molecular weight excluding hydrogens is 392 g/mol. The molecule has 0 aliphatic carbocycles. The maximum absolute atomic E-state index is 12.6. The predicted molar refractivity (Wildman–Crippen MR) is 124 cm³/mol. The van der Waals surface area contributed by atoms with Crippen LogP contribution in [-0.4, -0.2) is 86.5 Å². The predicted octanol–water partition coefficient (Wildman–Crippen LogP) is 1.29.